The van der Waals surface area contributed by atoms with Crippen molar-refractivity contribution in [1.29, 1.82) is 0 Å². The third kappa shape index (κ3) is 9.03. The number of carbonyl (C=O) groups is 1. The molecule has 0 saturated carbocycles. The number of benzene rings is 4. The Kier molecular flexibility index (Phi) is 12.6. The van der Waals surface area contributed by atoms with E-state index in [2.05, 4.69) is 34.6 Å². The van der Waals surface area contributed by atoms with E-state index in [0.29, 0.717) is 12.8 Å². The van der Waals surface area contributed by atoms with Crippen LogP contribution in [0.5, 0.6) is 0 Å². The minimum Gasteiger partial charge on any atom is -0.481 e. The number of rotatable bonds is 16. The summed E-state index contributed by atoms with van der Waals surface area (Å²) in [7, 11) is -5.76. The zero-order chi connectivity index (χ0) is 36.6. The third-order valence-electron chi connectivity index (χ3n) is 9.07. The highest BCUT2D eigenvalue weighted by molar-refractivity contribution is 7.39. The van der Waals surface area contributed by atoms with Crippen molar-refractivity contribution in [1.82, 2.24) is 9.78 Å². The molecule has 0 saturated heterocycles. The molecule has 4 aromatic carbocycles. The number of halogens is 1. The quantitative estimate of drug-likeness (QED) is 0.0622. The van der Waals surface area contributed by atoms with Gasteiger partial charge in [0, 0.05) is 17.3 Å². The first-order valence-electron chi connectivity index (χ1n) is 17.5. The zero-order valence-corrected chi connectivity index (χ0v) is 32.0. The van der Waals surface area contributed by atoms with E-state index in [1.165, 1.54) is 12.1 Å². The number of hydrogen-bond acceptors (Lipinski definition) is 5. The zero-order valence-electron chi connectivity index (χ0n) is 30.0. The Balaban J connectivity index is 1.36. The highest BCUT2D eigenvalue weighted by Crippen LogP contribution is 2.39. The van der Waals surface area contributed by atoms with Crippen molar-refractivity contribution in [2.45, 2.75) is 70.9 Å². The summed E-state index contributed by atoms with van der Waals surface area (Å²) >= 11 is 0. The fraction of sp³-hybridized carbons (Fsp3) is 0.317. The van der Waals surface area contributed by atoms with E-state index in [1.807, 2.05) is 95.7 Å². The highest BCUT2D eigenvalue weighted by atomic mass is 31.1. The first-order valence-corrected chi connectivity index (χ1v) is 20.9. The maximum absolute atomic E-state index is 14.0. The second-order valence-electron chi connectivity index (χ2n) is 14.2. The van der Waals surface area contributed by atoms with Crippen molar-refractivity contribution in [2.75, 3.05) is 12.8 Å². The van der Waals surface area contributed by atoms with E-state index in [4.69, 9.17) is 14.0 Å². The van der Waals surface area contributed by atoms with Gasteiger partial charge in [-0.2, -0.15) is 5.10 Å². The summed E-state index contributed by atoms with van der Waals surface area (Å²) in [6.45, 7) is 10.8. The predicted octanol–water partition coefficient (Wildman–Crippen LogP) is 8.65. The summed E-state index contributed by atoms with van der Waals surface area (Å²) in [5.41, 5.74) is 4.60. The molecular weight excluding hydrogens is 679 g/mol. The van der Waals surface area contributed by atoms with Crippen LogP contribution in [0.1, 0.15) is 64.6 Å². The topological polar surface area (TPSA) is 90.7 Å². The summed E-state index contributed by atoms with van der Waals surface area (Å²) in [5, 5.41) is 16.6. The second-order valence-corrected chi connectivity index (χ2v) is 19.8. The standard InChI is InChI=1S/C41H48FN2O5PSi/c1-30(2)39-37(40(31-23-25-32(42)26-24-31)44(43-39)33-16-9-6-10-17-33)22-15-27-48-50(47)29-34(28-38(45)46)49-51(41(3,4)5,35-18-11-7-12-19-35)36-20-13-8-14-21-36/h6-14,16-21,23-26,30,34,50H,15,22,27-29H2,1-5H3,(H,45,46). The number of carboxylic acid groups (broad SMARTS) is 1. The van der Waals surface area contributed by atoms with Crippen LogP contribution in [-0.2, 0) is 24.7 Å². The number of aromatic nitrogens is 2. The molecule has 0 bridgehead atoms. The van der Waals surface area contributed by atoms with E-state index >= 15 is 0 Å². The lowest BCUT2D eigenvalue weighted by Crippen LogP contribution is -2.68. The molecule has 268 valence electrons. The molecule has 0 radical (unpaired) electrons. The highest BCUT2D eigenvalue weighted by Gasteiger charge is 2.51. The average Bonchev–Trinajstić information content (AvgIpc) is 3.49. The van der Waals surface area contributed by atoms with Gasteiger partial charge in [-0.3, -0.25) is 9.36 Å². The monoisotopic (exact) mass is 726 g/mol. The van der Waals surface area contributed by atoms with Crippen molar-refractivity contribution in [3.8, 4) is 16.9 Å². The van der Waals surface area contributed by atoms with E-state index in [1.54, 1.807) is 12.1 Å². The van der Waals surface area contributed by atoms with Crippen LogP contribution in [0, 0.1) is 5.82 Å². The van der Waals surface area contributed by atoms with Crippen LogP contribution in [0.15, 0.2) is 115 Å². The number of aliphatic carboxylic acids is 1. The van der Waals surface area contributed by atoms with Crippen molar-refractivity contribution in [3.63, 3.8) is 0 Å². The Morgan fingerprint density at radius 1 is 0.882 bits per heavy atom. The molecule has 0 aliphatic heterocycles. The summed E-state index contributed by atoms with van der Waals surface area (Å²) in [6.07, 6.45) is 0.0400. The van der Waals surface area contributed by atoms with Crippen LogP contribution in [0.25, 0.3) is 16.9 Å². The number of carboxylic acids is 1. The molecule has 5 aromatic rings. The van der Waals surface area contributed by atoms with Gasteiger partial charge >= 0.3 is 5.97 Å². The van der Waals surface area contributed by atoms with E-state index in [-0.39, 0.29) is 36.0 Å². The van der Waals surface area contributed by atoms with Crippen LogP contribution in [-0.4, -0.2) is 48.0 Å². The van der Waals surface area contributed by atoms with Gasteiger partial charge in [-0.05, 0) is 70.6 Å². The van der Waals surface area contributed by atoms with Crippen molar-refractivity contribution in [2.24, 2.45) is 0 Å². The number of nitrogens with zero attached hydrogens (tertiary/aromatic N) is 2. The maximum Gasteiger partial charge on any atom is 0.305 e. The molecule has 1 heterocycles. The Labute approximate surface area is 302 Å². The smallest absolute Gasteiger partial charge is 0.305 e. The first-order chi connectivity index (χ1) is 24.4. The normalized spacial score (nSPS) is 13.3. The Morgan fingerprint density at radius 3 is 1.94 bits per heavy atom. The second kappa shape index (κ2) is 16.9. The molecule has 2 atom stereocenters. The molecule has 0 fully saturated rings. The lowest BCUT2D eigenvalue weighted by molar-refractivity contribution is -0.138. The minimum absolute atomic E-state index is 0.00846. The third-order valence-corrected chi connectivity index (χ3v) is 15.5. The van der Waals surface area contributed by atoms with Gasteiger partial charge in [-0.15, -0.1) is 0 Å². The molecule has 0 amide bonds. The van der Waals surface area contributed by atoms with Crippen molar-refractivity contribution in [3.05, 3.63) is 132 Å². The van der Waals surface area contributed by atoms with E-state index in [0.717, 1.165) is 38.6 Å². The fourth-order valence-corrected chi connectivity index (χ4v) is 12.7. The molecule has 10 heteroatoms. The maximum atomic E-state index is 14.0. The van der Waals surface area contributed by atoms with Crippen molar-refractivity contribution >= 4 is 32.7 Å². The van der Waals surface area contributed by atoms with Crippen LogP contribution in [0.2, 0.25) is 5.04 Å². The Morgan fingerprint density at radius 2 is 1.43 bits per heavy atom. The largest absolute Gasteiger partial charge is 0.481 e. The molecule has 7 nitrogen and oxygen atoms in total. The Bertz CT molecular complexity index is 1860. The molecule has 1 aromatic heterocycles. The van der Waals surface area contributed by atoms with Gasteiger partial charge in [0.2, 0.25) is 0 Å². The van der Waals surface area contributed by atoms with E-state index in [9.17, 15) is 18.9 Å². The molecule has 5 rings (SSSR count). The summed E-state index contributed by atoms with van der Waals surface area (Å²) in [5.74, 6) is -1.20. The first kappa shape index (κ1) is 38.1. The van der Waals surface area contributed by atoms with Crippen LogP contribution < -0.4 is 10.4 Å². The Hall–Kier alpha value is -4.14. The molecule has 51 heavy (non-hydrogen) atoms. The number of para-hydroxylation sites is 1. The van der Waals surface area contributed by atoms with E-state index < -0.39 is 28.4 Å². The summed E-state index contributed by atoms with van der Waals surface area (Å²) in [6, 6.07) is 36.3. The van der Waals surface area contributed by atoms with Gasteiger partial charge in [0.05, 0.1) is 36.2 Å². The fourth-order valence-electron chi connectivity index (χ4n) is 6.81. The van der Waals surface area contributed by atoms with Gasteiger partial charge in [0.1, 0.15) is 5.82 Å². The molecule has 2 unspecified atom stereocenters. The predicted molar refractivity (Wildman–Crippen MR) is 206 cm³/mol. The SMILES string of the molecule is CC(C)c1nn(-c2ccccc2)c(-c2ccc(F)cc2)c1CCCO[PH](=O)CC(CC(=O)O)O[Si](c1ccccc1)(c1ccccc1)C(C)(C)C. The van der Waals surface area contributed by atoms with Gasteiger partial charge in [0.15, 0.2) is 8.03 Å². The van der Waals surface area contributed by atoms with Crippen LogP contribution >= 0.6 is 8.03 Å². The van der Waals surface area contributed by atoms with Gasteiger partial charge in [-0.25, -0.2) is 9.07 Å². The molecule has 0 aliphatic carbocycles. The van der Waals surface area contributed by atoms with Gasteiger partial charge < -0.3 is 14.1 Å². The minimum atomic E-state index is -3.09. The lowest BCUT2D eigenvalue weighted by atomic mass is 9.97. The molecule has 0 spiro atoms. The lowest BCUT2D eigenvalue weighted by Gasteiger charge is -2.45. The van der Waals surface area contributed by atoms with Gasteiger partial charge in [0.25, 0.3) is 8.32 Å². The molecule has 1 N–H and O–H groups in total. The van der Waals surface area contributed by atoms with Gasteiger partial charge in [-0.1, -0.05) is 113 Å². The molecular formula is C41H48FN2O5PSi. The number of hydrogen-bond donors (Lipinski definition) is 1. The summed E-state index contributed by atoms with van der Waals surface area (Å²) in [4.78, 5) is 12.2. The van der Waals surface area contributed by atoms with Crippen molar-refractivity contribution < 1.29 is 27.8 Å². The summed E-state index contributed by atoms with van der Waals surface area (Å²) < 4.78 is 42.5. The average molecular weight is 727 g/mol. The van der Waals surface area contributed by atoms with Crippen LogP contribution in [0.3, 0.4) is 0 Å². The van der Waals surface area contributed by atoms with Crippen LogP contribution in [0.4, 0.5) is 4.39 Å². The molecule has 0 aliphatic rings.